The van der Waals surface area contributed by atoms with Crippen molar-refractivity contribution in [3.8, 4) is 0 Å². The first kappa shape index (κ1) is 6.07. The third-order valence-electron chi connectivity index (χ3n) is 0.950. The summed E-state index contributed by atoms with van der Waals surface area (Å²) in [4.78, 5) is 0. The Morgan fingerprint density at radius 3 is 2.33 bits per heavy atom. The van der Waals surface area contributed by atoms with Crippen LogP contribution < -0.4 is 5.73 Å². The van der Waals surface area contributed by atoms with Gasteiger partial charge in [-0.1, -0.05) is 18.9 Å². The lowest BCUT2D eigenvalue weighted by Crippen LogP contribution is -1.85. The zero-order chi connectivity index (χ0) is 6.85. The monoisotopic (exact) mass is 127 g/mol. The fourth-order valence-electron chi connectivity index (χ4n) is 0.480. The van der Waals surface area contributed by atoms with Crippen molar-refractivity contribution in [3.63, 3.8) is 0 Å². The van der Waals surface area contributed by atoms with Crippen LogP contribution in [0.4, 0.5) is 6.01 Å². The molecule has 1 heterocycles. The minimum absolute atomic E-state index is 0.138. The van der Waals surface area contributed by atoms with E-state index in [9.17, 15) is 0 Å². The number of nitrogens with zero attached hydrogens (tertiary/aromatic N) is 2. The fraction of sp³-hybridized carbons (Fsp3) is 0.600. The van der Waals surface area contributed by atoms with Gasteiger partial charge in [-0.05, 0) is 0 Å². The lowest BCUT2D eigenvalue weighted by molar-refractivity contribution is 0.484. The molecule has 0 unspecified atom stereocenters. The zero-order valence-electron chi connectivity index (χ0n) is 5.46. The molecule has 9 heavy (non-hydrogen) atoms. The van der Waals surface area contributed by atoms with Crippen LogP contribution in [-0.2, 0) is 0 Å². The first-order chi connectivity index (χ1) is 4.20. The van der Waals surface area contributed by atoms with Crippen LogP contribution in [-0.4, -0.2) is 10.2 Å². The average molecular weight is 127 g/mol. The molecule has 2 N–H and O–H groups in total. The summed E-state index contributed by atoms with van der Waals surface area (Å²) in [5.41, 5.74) is 5.18. The summed E-state index contributed by atoms with van der Waals surface area (Å²) >= 11 is 0. The zero-order valence-corrected chi connectivity index (χ0v) is 5.46. The minimum atomic E-state index is 0.138. The first-order valence-corrected chi connectivity index (χ1v) is 2.79. The lowest BCUT2D eigenvalue weighted by atomic mass is 10.2. The molecular weight excluding hydrogens is 118 g/mol. The molecule has 4 nitrogen and oxygen atoms in total. The van der Waals surface area contributed by atoms with E-state index in [0.717, 1.165) is 0 Å². The summed E-state index contributed by atoms with van der Waals surface area (Å²) in [5.74, 6) is 0.849. The predicted octanol–water partition coefficient (Wildman–Crippen LogP) is 0.775. The third-order valence-corrected chi connectivity index (χ3v) is 0.950. The number of hydrogen-bond acceptors (Lipinski definition) is 4. The van der Waals surface area contributed by atoms with Gasteiger partial charge in [0.15, 0.2) is 0 Å². The van der Waals surface area contributed by atoms with E-state index in [1.54, 1.807) is 0 Å². The molecule has 0 atom stereocenters. The maximum Gasteiger partial charge on any atom is 0.312 e. The van der Waals surface area contributed by atoms with Crippen molar-refractivity contribution >= 4 is 6.01 Å². The second-order valence-corrected chi connectivity index (χ2v) is 2.13. The molecule has 1 aromatic rings. The Morgan fingerprint density at radius 1 is 1.44 bits per heavy atom. The molecular formula is C5H9N3O. The Labute approximate surface area is 53.1 Å². The van der Waals surface area contributed by atoms with E-state index in [-0.39, 0.29) is 11.9 Å². The quantitative estimate of drug-likeness (QED) is 0.605. The van der Waals surface area contributed by atoms with Crippen molar-refractivity contribution < 1.29 is 4.42 Å². The highest BCUT2D eigenvalue weighted by atomic mass is 16.4. The van der Waals surface area contributed by atoms with Gasteiger partial charge in [-0.3, -0.25) is 0 Å². The lowest BCUT2D eigenvalue weighted by Gasteiger charge is -1.91. The summed E-state index contributed by atoms with van der Waals surface area (Å²) in [6, 6.07) is 0.138. The molecule has 0 fully saturated rings. The Hall–Kier alpha value is -1.06. The smallest absolute Gasteiger partial charge is 0.312 e. The Morgan fingerprint density at radius 2 is 2.11 bits per heavy atom. The second-order valence-electron chi connectivity index (χ2n) is 2.13. The number of nitrogen functional groups attached to an aromatic ring is 1. The van der Waals surface area contributed by atoms with Crippen molar-refractivity contribution in [1.29, 1.82) is 0 Å². The number of anilines is 1. The standard InChI is InChI=1S/C5H9N3O/c1-3(2)4-7-8-5(6)9-4/h3H,1-2H3,(H2,6,8). The van der Waals surface area contributed by atoms with Crippen LogP contribution in [0, 0.1) is 0 Å². The van der Waals surface area contributed by atoms with Crippen molar-refractivity contribution in [2.24, 2.45) is 0 Å². The van der Waals surface area contributed by atoms with Gasteiger partial charge < -0.3 is 10.2 Å². The summed E-state index contributed by atoms with van der Waals surface area (Å²) in [5, 5.41) is 7.17. The molecule has 0 amide bonds. The van der Waals surface area contributed by atoms with Gasteiger partial charge in [0.25, 0.3) is 0 Å². The van der Waals surface area contributed by atoms with E-state index in [1.807, 2.05) is 13.8 Å². The van der Waals surface area contributed by atoms with Crippen LogP contribution in [0.2, 0.25) is 0 Å². The predicted molar refractivity (Wildman–Crippen MR) is 32.8 cm³/mol. The summed E-state index contributed by atoms with van der Waals surface area (Å²) in [6.07, 6.45) is 0. The second kappa shape index (κ2) is 2.05. The Kier molecular flexibility index (Phi) is 1.38. The van der Waals surface area contributed by atoms with Crippen LogP contribution in [0.5, 0.6) is 0 Å². The molecule has 1 rings (SSSR count). The maximum atomic E-state index is 5.18. The first-order valence-electron chi connectivity index (χ1n) is 2.79. The van der Waals surface area contributed by atoms with Crippen LogP contribution in [0.15, 0.2) is 4.42 Å². The normalized spacial score (nSPS) is 10.6. The molecule has 0 aliphatic carbocycles. The summed E-state index contributed by atoms with van der Waals surface area (Å²) in [6.45, 7) is 3.93. The van der Waals surface area contributed by atoms with E-state index in [1.165, 1.54) is 0 Å². The number of rotatable bonds is 1. The highest BCUT2D eigenvalue weighted by Crippen LogP contribution is 2.11. The van der Waals surface area contributed by atoms with Crippen molar-refractivity contribution in [3.05, 3.63) is 5.89 Å². The molecule has 0 saturated heterocycles. The molecule has 0 aliphatic rings. The molecule has 0 radical (unpaired) electrons. The summed E-state index contributed by atoms with van der Waals surface area (Å²) < 4.78 is 4.90. The van der Waals surface area contributed by atoms with Gasteiger partial charge >= 0.3 is 6.01 Å². The topological polar surface area (TPSA) is 64.9 Å². The SMILES string of the molecule is CC(C)c1nnc(N)o1. The van der Waals surface area contributed by atoms with E-state index < -0.39 is 0 Å². The molecule has 4 heteroatoms. The average Bonchev–Trinajstić information content (AvgIpc) is 2.14. The van der Waals surface area contributed by atoms with Gasteiger partial charge in [-0.15, -0.1) is 5.10 Å². The third kappa shape index (κ3) is 1.19. The van der Waals surface area contributed by atoms with Crippen molar-refractivity contribution in [1.82, 2.24) is 10.2 Å². The fourth-order valence-corrected chi connectivity index (χ4v) is 0.480. The number of aromatic nitrogens is 2. The molecule has 1 aromatic heterocycles. The molecule has 0 bridgehead atoms. The van der Waals surface area contributed by atoms with Crippen molar-refractivity contribution in [2.75, 3.05) is 5.73 Å². The van der Waals surface area contributed by atoms with Gasteiger partial charge in [0.1, 0.15) is 0 Å². The van der Waals surface area contributed by atoms with E-state index in [2.05, 4.69) is 10.2 Å². The van der Waals surface area contributed by atoms with Crippen LogP contribution in [0.25, 0.3) is 0 Å². The van der Waals surface area contributed by atoms with Gasteiger partial charge in [0.2, 0.25) is 5.89 Å². The highest BCUT2D eigenvalue weighted by molar-refractivity contribution is 5.05. The van der Waals surface area contributed by atoms with E-state index in [0.29, 0.717) is 5.89 Å². The van der Waals surface area contributed by atoms with Gasteiger partial charge in [-0.2, -0.15) is 0 Å². The van der Waals surface area contributed by atoms with E-state index in [4.69, 9.17) is 10.2 Å². The molecule has 0 aromatic carbocycles. The minimum Gasteiger partial charge on any atom is -0.408 e. The summed E-state index contributed by atoms with van der Waals surface area (Å²) in [7, 11) is 0. The van der Waals surface area contributed by atoms with Crippen LogP contribution in [0.3, 0.4) is 0 Å². The van der Waals surface area contributed by atoms with Gasteiger partial charge in [-0.25, -0.2) is 0 Å². The largest absolute Gasteiger partial charge is 0.408 e. The van der Waals surface area contributed by atoms with Crippen LogP contribution in [0.1, 0.15) is 25.7 Å². The Balaban J connectivity index is 2.85. The molecule has 0 aliphatic heterocycles. The maximum absolute atomic E-state index is 5.18. The number of nitrogens with two attached hydrogens (primary N) is 1. The van der Waals surface area contributed by atoms with Gasteiger partial charge in [0, 0.05) is 5.92 Å². The van der Waals surface area contributed by atoms with E-state index >= 15 is 0 Å². The molecule has 0 spiro atoms. The highest BCUT2D eigenvalue weighted by Gasteiger charge is 2.05. The van der Waals surface area contributed by atoms with Crippen LogP contribution >= 0.6 is 0 Å². The Bertz CT molecular complexity index is 194. The number of hydrogen-bond donors (Lipinski definition) is 1. The molecule has 0 saturated carbocycles. The van der Waals surface area contributed by atoms with Crippen molar-refractivity contribution in [2.45, 2.75) is 19.8 Å². The van der Waals surface area contributed by atoms with Gasteiger partial charge in [0.05, 0.1) is 0 Å². The molecule has 50 valence electrons.